The fourth-order valence-corrected chi connectivity index (χ4v) is 5.48. The highest BCUT2D eigenvalue weighted by Crippen LogP contribution is 2.26. The van der Waals surface area contributed by atoms with Gasteiger partial charge in [0.2, 0.25) is 5.78 Å². The predicted molar refractivity (Wildman–Crippen MR) is 140 cm³/mol. The van der Waals surface area contributed by atoms with Crippen molar-refractivity contribution in [1.82, 2.24) is 19.7 Å². The number of halogens is 1. The monoisotopic (exact) mass is 504 g/mol. The minimum atomic E-state index is -0.528. The lowest BCUT2D eigenvalue weighted by atomic mass is 10.0. The molecule has 0 aliphatic carbocycles. The van der Waals surface area contributed by atoms with Crippen LogP contribution in [0.2, 0.25) is 0 Å². The van der Waals surface area contributed by atoms with Crippen molar-refractivity contribution in [2.24, 2.45) is 0 Å². The van der Waals surface area contributed by atoms with Crippen molar-refractivity contribution in [3.05, 3.63) is 71.2 Å². The molecule has 2 atom stereocenters. The maximum Gasteiger partial charge on any atom is 0.294 e. The molecule has 2 aliphatic rings. The molecule has 7 nitrogen and oxygen atoms in total. The first-order valence-electron chi connectivity index (χ1n) is 13.1. The Labute approximate surface area is 216 Å². The molecule has 0 saturated carbocycles. The molecule has 8 heteroatoms. The number of fused-ring (bicyclic) bond motifs is 1. The van der Waals surface area contributed by atoms with Crippen molar-refractivity contribution in [3.63, 3.8) is 0 Å². The fourth-order valence-electron chi connectivity index (χ4n) is 5.48. The average molecular weight is 505 g/mol. The van der Waals surface area contributed by atoms with Gasteiger partial charge < -0.3 is 14.8 Å². The molecule has 0 bridgehead atoms. The molecule has 0 radical (unpaired) electrons. The normalized spacial score (nSPS) is 20.8. The first kappa shape index (κ1) is 25.1. The van der Waals surface area contributed by atoms with E-state index in [1.54, 1.807) is 41.4 Å². The number of nitrogens with zero attached hydrogens (tertiary/aromatic N) is 3. The Kier molecular flexibility index (Phi) is 7.11. The highest BCUT2D eigenvalue weighted by atomic mass is 19.1. The number of hydrogen-bond donors (Lipinski definition) is 1. The number of piperazine rings is 1. The van der Waals surface area contributed by atoms with Gasteiger partial charge in [-0.15, -0.1) is 0 Å². The molecule has 1 aromatic heterocycles. The number of rotatable bonds is 5. The molecule has 2 aliphatic heterocycles. The highest BCUT2D eigenvalue weighted by Gasteiger charge is 2.33. The zero-order valence-electron chi connectivity index (χ0n) is 21.4. The van der Waals surface area contributed by atoms with Gasteiger partial charge in [0.1, 0.15) is 5.82 Å². The smallest absolute Gasteiger partial charge is 0.294 e. The summed E-state index contributed by atoms with van der Waals surface area (Å²) >= 11 is 0. The average Bonchev–Trinajstić information content (AvgIpc) is 3.34. The van der Waals surface area contributed by atoms with Crippen molar-refractivity contribution in [2.45, 2.75) is 51.7 Å². The van der Waals surface area contributed by atoms with Gasteiger partial charge in [0.25, 0.3) is 11.8 Å². The third-order valence-corrected chi connectivity index (χ3v) is 7.69. The number of piperidine rings is 1. The van der Waals surface area contributed by atoms with Crippen molar-refractivity contribution in [1.29, 1.82) is 0 Å². The number of amides is 2. The summed E-state index contributed by atoms with van der Waals surface area (Å²) in [6, 6.07) is 11.7. The van der Waals surface area contributed by atoms with Crippen LogP contribution in [-0.2, 0) is 11.3 Å². The van der Waals surface area contributed by atoms with Crippen LogP contribution in [0.4, 0.5) is 4.39 Å². The molecule has 3 aromatic rings. The summed E-state index contributed by atoms with van der Waals surface area (Å²) in [6.07, 6.45) is 4.61. The van der Waals surface area contributed by atoms with Gasteiger partial charge in [-0.05, 0) is 69.0 Å². The van der Waals surface area contributed by atoms with Crippen LogP contribution >= 0.6 is 0 Å². The van der Waals surface area contributed by atoms with E-state index in [1.807, 2.05) is 11.8 Å². The number of carbonyl (C=O) groups excluding carboxylic acids is 3. The molecule has 1 N–H and O–H groups in total. The molecular weight excluding hydrogens is 471 g/mol. The van der Waals surface area contributed by atoms with Gasteiger partial charge in [-0.25, -0.2) is 4.39 Å². The quantitative estimate of drug-likeness (QED) is 0.417. The van der Waals surface area contributed by atoms with Gasteiger partial charge in [-0.2, -0.15) is 0 Å². The van der Waals surface area contributed by atoms with E-state index in [0.717, 1.165) is 30.3 Å². The van der Waals surface area contributed by atoms with Crippen LogP contribution in [0, 0.1) is 5.82 Å². The van der Waals surface area contributed by atoms with E-state index in [4.69, 9.17) is 0 Å². The minimum absolute atomic E-state index is 0.0282. The Morgan fingerprint density at radius 3 is 2.41 bits per heavy atom. The summed E-state index contributed by atoms with van der Waals surface area (Å²) in [4.78, 5) is 48.4. The molecule has 2 aromatic carbocycles. The third kappa shape index (κ3) is 5.16. The molecule has 2 amide bonds. The van der Waals surface area contributed by atoms with E-state index >= 15 is 0 Å². The summed E-state index contributed by atoms with van der Waals surface area (Å²) in [5.41, 5.74) is 2.59. The first-order valence-corrected chi connectivity index (χ1v) is 13.1. The minimum Gasteiger partial charge on any atom is -0.360 e. The number of likely N-dealkylation sites (tertiary alicyclic amines) is 1. The topological polar surface area (TPSA) is 76.7 Å². The number of Topliss-reactive ketones (excluding diaryl/α,β-unsaturated/α-hetero) is 1. The Morgan fingerprint density at radius 1 is 0.946 bits per heavy atom. The van der Waals surface area contributed by atoms with Gasteiger partial charge in [-0.1, -0.05) is 12.1 Å². The van der Waals surface area contributed by atoms with Crippen LogP contribution in [-0.4, -0.2) is 75.5 Å². The predicted octanol–water partition coefficient (Wildman–Crippen LogP) is 4.24. The third-order valence-electron chi connectivity index (χ3n) is 7.69. The van der Waals surface area contributed by atoms with Crippen molar-refractivity contribution in [3.8, 4) is 0 Å². The fraction of sp³-hybridized carbons (Fsp3) is 0.414. The Hall–Kier alpha value is -3.52. The highest BCUT2D eigenvalue weighted by molar-refractivity contribution is 6.43. The number of aromatic nitrogens is 1. The van der Waals surface area contributed by atoms with E-state index < -0.39 is 11.7 Å². The van der Waals surface area contributed by atoms with Crippen molar-refractivity contribution >= 4 is 28.5 Å². The Balaban J connectivity index is 1.32. The van der Waals surface area contributed by atoms with E-state index in [2.05, 4.69) is 16.8 Å². The second kappa shape index (κ2) is 10.5. The molecule has 194 valence electrons. The van der Waals surface area contributed by atoms with Gasteiger partial charge >= 0.3 is 0 Å². The van der Waals surface area contributed by atoms with Crippen LogP contribution in [0.15, 0.2) is 48.7 Å². The number of carbonyl (C=O) groups is 3. The van der Waals surface area contributed by atoms with Crippen LogP contribution in [0.5, 0.6) is 0 Å². The number of nitrogens with one attached hydrogen (secondary N) is 1. The van der Waals surface area contributed by atoms with Crippen LogP contribution in [0.3, 0.4) is 0 Å². The largest absolute Gasteiger partial charge is 0.360 e. The summed E-state index contributed by atoms with van der Waals surface area (Å²) in [7, 11) is 0. The second-order valence-electron chi connectivity index (χ2n) is 10.4. The Morgan fingerprint density at radius 2 is 1.68 bits per heavy atom. The van der Waals surface area contributed by atoms with Crippen molar-refractivity contribution in [2.75, 3.05) is 26.2 Å². The zero-order chi connectivity index (χ0) is 26.1. The van der Waals surface area contributed by atoms with E-state index in [9.17, 15) is 18.8 Å². The number of hydrogen-bond acceptors (Lipinski definition) is 4. The lowest BCUT2D eigenvalue weighted by Crippen LogP contribution is -2.57. The van der Waals surface area contributed by atoms with Gasteiger partial charge in [0.15, 0.2) is 0 Å². The standard InChI is InChI=1S/C29H33FN4O3/c1-19-17-34(20(2)16-33(19)18-21-6-9-23(30)10-7-21)28(36)25-15-31-26-11-8-22(14-24(25)26)27(35)29(37)32-12-4-3-5-13-32/h6-11,14-15,19-20,31H,3-5,12-13,16-18H2,1-2H3. The van der Waals surface area contributed by atoms with Crippen molar-refractivity contribution < 1.29 is 18.8 Å². The number of benzene rings is 2. The first-order chi connectivity index (χ1) is 17.8. The number of H-pyrrole nitrogens is 1. The van der Waals surface area contributed by atoms with E-state index in [0.29, 0.717) is 49.2 Å². The summed E-state index contributed by atoms with van der Waals surface area (Å²) in [5.74, 6) is -1.35. The lowest BCUT2D eigenvalue weighted by molar-refractivity contribution is -0.127. The molecule has 0 spiro atoms. The summed E-state index contributed by atoms with van der Waals surface area (Å²) in [6.45, 7) is 7.29. The SMILES string of the molecule is CC1CN(C(=O)c2c[nH]c3ccc(C(=O)C(=O)N4CCCCC4)cc23)C(C)CN1Cc1ccc(F)cc1. The molecule has 5 rings (SSSR count). The molecule has 37 heavy (non-hydrogen) atoms. The summed E-state index contributed by atoms with van der Waals surface area (Å²) < 4.78 is 13.3. The number of aromatic amines is 1. The second-order valence-corrected chi connectivity index (χ2v) is 10.4. The maximum absolute atomic E-state index is 13.7. The molecule has 2 fully saturated rings. The lowest BCUT2D eigenvalue weighted by Gasteiger charge is -2.44. The summed E-state index contributed by atoms with van der Waals surface area (Å²) in [5, 5.41) is 0.649. The number of ketones is 1. The van der Waals surface area contributed by atoms with E-state index in [-0.39, 0.29) is 23.8 Å². The van der Waals surface area contributed by atoms with E-state index in [1.165, 1.54) is 12.1 Å². The van der Waals surface area contributed by atoms with Crippen LogP contribution in [0.1, 0.15) is 59.4 Å². The maximum atomic E-state index is 13.7. The Bertz CT molecular complexity index is 1310. The van der Waals surface area contributed by atoms with Gasteiger partial charge in [-0.3, -0.25) is 19.3 Å². The molecular formula is C29H33FN4O3. The van der Waals surface area contributed by atoms with Gasteiger partial charge in [0, 0.05) is 67.5 Å². The van der Waals surface area contributed by atoms with Crippen LogP contribution < -0.4 is 0 Å². The van der Waals surface area contributed by atoms with Crippen LogP contribution in [0.25, 0.3) is 10.9 Å². The molecule has 3 heterocycles. The molecule has 2 saturated heterocycles. The zero-order valence-corrected chi connectivity index (χ0v) is 21.4. The molecule has 2 unspecified atom stereocenters. The van der Waals surface area contributed by atoms with Gasteiger partial charge in [0.05, 0.1) is 5.56 Å².